The molecule has 0 saturated carbocycles. The highest BCUT2D eigenvalue weighted by Gasteiger charge is 2.17. The Bertz CT molecular complexity index is 688. The monoisotopic (exact) mass is 275 g/mol. The molecule has 1 N–H and O–H groups in total. The molecule has 0 aliphatic heterocycles. The van der Waals surface area contributed by atoms with Crippen LogP contribution in [0.15, 0.2) is 36.4 Å². The van der Waals surface area contributed by atoms with Crippen molar-refractivity contribution in [3.05, 3.63) is 63.7 Å². The number of nitro benzene ring substituents is 1. The number of halogens is 1. The van der Waals surface area contributed by atoms with Gasteiger partial charge in [0.25, 0.3) is 11.6 Å². The average molecular weight is 275 g/mol. The zero-order valence-corrected chi connectivity index (χ0v) is 10.5. The van der Waals surface area contributed by atoms with Gasteiger partial charge >= 0.3 is 0 Å². The maximum absolute atomic E-state index is 12.9. The molecule has 0 fully saturated rings. The molecule has 7 heteroatoms. The topological polar surface area (TPSA) is 85.1 Å². The minimum Gasteiger partial charge on any atom is -0.315 e. The largest absolute Gasteiger partial charge is 0.315 e. The van der Waals surface area contributed by atoms with Gasteiger partial charge in [0.2, 0.25) is 5.95 Å². The number of aryl methyl sites for hydroxylation is 1. The predicted molar refractivity (Wildman–Crippen MR) is 70.0 cm³/mol. The van der Waals surface area contributed by atoms with Crippen molar-refractivity contribution in [1.29, 1.82) is 0 Å². The predicted octanol–water partition coefficient (Wildman–Crippen LogP) is 2.69. The minimum absolute atomic E-state index is 0.0473. The van der Waals surface area contributed by atoms with Gasteiger partial charge in [0.05, 0.1) is 4.92 Å². The fourth-order valence-corrected chi connectivity index (χ4v) is 1.63. The van der Waals surface area contributed by atoms with Gasteiger partial charge in [-0.05, 0) is 30.7 Å². The zero-order valence-electron chi connectivity index (χ0n) is 10.5. The highest BCUT2D eigenvalue weighted by Crippen LogP contribution is 2.25. The van der Waals surface area contributed by atoms with E-state index in [2.05, 4.69) is 10.3 Å². The number of hydrogen-bond donors (Lipinski definition) is 1. The first-order valence-electron chi connectivity index (χ1n) is 5.66. The molecule has 0 spiro atoms. The Balaban J connectivity index is 2.32. The van der Waals surface area contributed by atoms with Gasteiger partial charge in [0.15, 0.2) is 0 Å². The van der Waals surface area contributed by atoms with E-state index in [-0.39, 0.29) is 17.1 Å². The lowest BCUT2D eigenvalue weighted by Gasteiger charge is -2.06. The maximum Gasteiger partial charge on any atom is 0.292 e. The Labute approximate surface area is 113 Å². The van der Waals surface area contributed by atoms with Crippen molar-refractivity contribution in [1.82, 2.24) is 4.98 Å². The Morgan fingerprint density at radius 3 is 2.75 bits per heavy atom. The third-order valence-electron chi connectivity index (χ3n) is 2.54. The number of nitrogens with zero attached hydrogens (tertiary/aromatic N) is 2. The molecule has 0 unspecified atom stereocenters. The van der Waals surface area contributed by atoms with Crippen LogP contribution in [0.1, 0.15) is 16.1 Å². The van der Waals surface area contributed by atoms with Crippen molar-refractivity contribution in [2.45, 2.75) is 6.92 Å². The highest BCUT2D eigenvalue weighted by molar-refractivity contribution is 6.04. The van der Waals surface area contributed by atoms with E-state index in [1.165, 1.54) is 24.3 Å². The van der Waals surface area contributed by atoms with Gasteiger partial charge in [-0.2, -0.15) is 4.39 Å². The van der Waals surface area contributed by atoms with Gasteiger partial charge in [-0.1, -0.05) is 12.1 Å². The first-order chi connectivity index (χ1) is 9.47. The van der Waals surface area contributed by atoms with Crippen LogP contribution < -0.4 is 5.32 Å². The lowest BCUT2D eigenvalue weighted by atomic mass is 10.2. The summed E-state index contributed by atoms with van der Waals surface area (Å²) in [5.41, 5.74) is 0.408. The van der Waals surface area contributed by atoms with Crippen LogP contribution in [0.4, 0.5) is 15.8 Å². The maximum atomic E-state index is 12.9. The molecule has 2 rings (SSSR count). The number of rotatable bonds is 3. The lowest BCUT2D eigenvalue weighted by Crippen LogP contribution is -2.15. The number of pyridine rings is 1. The summed E-state index contributed by atoms with van der Waals surface area (Å²) in [6, 6.07) is 8.08. The Morgan fingerprint density at radius 2 is 2.10 bits per heavy atom. The second kappa shape index (κ2) is 5.43. The van der Waals surface area contributed by atoms with Crippen molar-refractivity contribution in [3.63, 3.8) is 0 Å². The standard InChI is InChI=1S/C13H10FN3O3/c1-8-5-6-11(17(19)20)10(7-8)16-13(18)9-3-2-4-12(14)15-9/h2-7H,1H3,(H,16,18). The van der Waals surface area contributed by atoms with Crippen molar-refractivity contribution < 1.29 is 14.1 Å². The van der Waals surface area contributed by atoms with E-state index < -0.39 is 16.8 Å². The van der Waals surface area contributed by atoms with E-state index in [1.54, 1.807) is 13.0 Å². The highest BCUT2D eigenvalue weighted by atomic mass is 19.1. The van der Waals surface area contributed by atoms with E-state index in [1.807, 2.05) is 0 Å². The van der Waals surface area contributed by atoms with Crippen molar-refractivity contribution in [2.24, 2.45) is 0 Å². The molecule has 1 heterocycles. The third kappa shape index (κ3) is 2.94. The summed E-state index contributed by atoms with van der Waals surface area (Å²) in [7, 11) is 0. The van der Waals surface area contributed by atoms with Crippen LogP contribution in [0.25, 0.3) is 0 Å². The Morgan fingerprint density at radius 1 is 1.35 bits per heavy atom. The summed E-state index contributed by atoms with van der Waals surface area (Å²) in [6.45, 7) is 1.74. The molecule has 1 amide bonds. The van der Waals surface area contributed by atoms with Gasteiger partial charge in [0.1, 0.15) is 11.4 Å². The number of hydrogen-bond acceptors (Lipinski definition) is 4. The molecule has 0 aliphatic carbocycles. The molecular weight excluding hydrogens is 265 g/mol. The number of nitro groups is 1. The fourth-order valence-electron chi connectivity index (χ4n) is 1.63. The van der Waals surface area contributed by atoms with Crippen LogP contribution in [-0.2, 0) is 0 Å². The molecule has 6 nitrogen and oxygen atoms in total. The third-order valence-corrected chi connectivity index (χ3v) is 2.54. The normalized spacial score (nSPS) is 10.1. The summed E-state index contributed by atoms with van der Waals surface area (Å²) in [6.07, 6.45) is 0. The molecule has 0 aliphatic rings. The quantitative estimate of drug-likeness (QED) is 0.530. The number of benzene rings is 1. The van der Waals surface area contributed by atoms with Gasteiger partial charge in [0, 0.05) is 6.07 Å². The summed E-state index contributed by atoms with van der Waals surface area (Å²) >= 11 is 0. The van der Waals surface area contributed by atoms with Gasteiger partial charge in [-0.15, -0.1) is 0 Å². The van der Waals surface area contributed by atoms with Crippen molar-refractivity contribution >= 4 is 17.3 Å². The van der Waals surface area contributed by atoms with Gasteiger partial charge < -0.3 is 5.32 Å². The molecule has 102 valence electrons. The molecule has 20 heavy (non-hydrogen) atoms. The summed E-state index contributed by atoms with van der Waals surface area (Å²) in [5.74, 6) is -1.51. The Hall–Kier alpha value is -2.83. The van der Waals surface area contributed by atoms with Crippen molar-refractivity contribution in [2.75, 3.05) is 5.32 Å². The SMILES string of the molecule is Cc1ccc([N+](=O)[O-])c(NC(=O)c2cccc(F)n2)c1. The second-order valence-electron chi connectivity index (χ2n) is 4.08. The Kier molecular flexibility index (Phi) is 3.69. The van der Waals surface area contributed by atoms with Crippen LogP contribution in [0.3, 0.4) is 0 Å². The van der Waals surface area contributed by atoms with Crippen LogP contribution >= 0.6 is 0 Å². The van der Waals surface area contributed by atoms with Gasteiger partial charge in [-0.3, -0.25) is 14.9 Å². The van der Waals surface area contributed by atoms with Crippen LogP contribution in [0, 0.1) is 23.0 Å². The molecule has 2 aromatic rings. The van der Waals surface area contributed by atoms with Crippen LogP contribution in [0.2, 0.25) is 0 Å². The number of amides is 1. The first kappa shape index (κ1) is 13.6. The number of carbonyl (C=O) groups excluding carboxylic acids is 1. The summed E-state index contributed by atoms with van der Waals surface area (Å²) in [4.78, 5) is 25.6. The van der Waals surface area contributed by atoms with E-state index in [4.69, 9.17) is 0 Å². The van der Waals surface area contributed by atoms with E-state index in [0.29, 0.717) is 0 Å². The fraction of sp³-hybridized carbons (Fsp3) is 0.0769. The average Bonchev–Trinajstić information content (AvgIpc) is 2.38. The van der Waals surface area contributed by atoms with E-state index in [9.17, 15) is 19.3 Å². The second-order valence-corrected chi connectivity index (χ2v) is 4.08. The van der Waals surface area contributed by atoms with Crippen LogP contribution in [0.5, 0.6) is 0 Å². The van der Waals surface area contributed by atoms with Crippen molar-refractivity contribution in [3.8, 4) is 0 Å². The molecule has 0 atom stereocenters. The molecule has 0 saturated heterocycles. The zero-order chi connectivity index (χ0) is 14.7. The van der Waals surface area contributed by atoms with Gasteiger partial charge in [-0.25, -0.2) is 4.98 Å². The molecular formula is C13H10FN3O3. The number of carbonyl (C=O) groups is 1. The first-order valence-corrected chi connectivity index (χ1v) is 5.66. The molecule has 1 aromatic heterocycles. The molecule has 0 bridgehead atoms. The minimum atomic E-state index is -0.795. The molecule has 0 radical (unpaired) electrons. The number of aromatic nitrogens is 1. The summed E-state index contributed by atoms with van der Waals surface area (Å²) in [5, 5.41) is 13.3. The van der Waals surface area contributed by atoms with E-state index >= 15 is 0 Å². The summed E-state index contributed by atoms with van der Waals surface area (Å²) < 4.78 is 12.9. The van der Waals surface area contributed by atoms with Crippen LogP contribution in [-0.4, -0.2) is 15.8 Å². The smallest absolute Gasteiger partial charge is 0.292 e. The lowest BCUT2D eigenvalue weighted by molar-refractivity contribution is -0.383. The number of nitrogens with one attached hydrogen (secondary N) is 1. The van der Waals surface area contributed by atoms with E-state index in [0.717, 1.165) is 11.6 Å². The number of anilines is 1. The molecule has 1 aromatic carbocycles.